The molecule has 0 atom stereocenters. The van der Waals surface area contributed by atoms with Gasteiger partial charge in [-0.05, 0) is 55.3 Å². The number of hydrogen-bond donors (Lipinski definition) is 2. The minimum absolute atomic E-state index is 0.101. The second-order valence-electron chi connectivity index (χ2n) is 6.50. The van der Waals surface area contributed by atoms with Crippen LogP contribution in [0.15, 0.2) is 55.0 Å². The van der Waals surface area contributed by atoms with Gasteiger partial charge in [0.2, 0.25) is 0 Å². The van der Waals surface area contributed by atoms with Gasteiger partial charge in [0, 0.05) is 23.6 Å². The van der Waals surface area contributed by atoms with E-state index in [1.165, 1.54) is 18.2 Å². The quantitative estimate of drug-likeness (QED) is 0.562. The Labute approximate surface area is 157 Å². The van der Waals surface area contributed by atoms with Crippen molar-refractivity contribution < 1.29 is 9.84 Å². The van der Waals surface area contributed by atoms with Crippen LogP contribution in [0.5, 0.6) is 11.5 Å². The summed E-state index contributed by atoms with van der Waals surface area (Å²) in [6.07, 6.45) is 5.41. The van der Waals surface area contributed by atoms with E-state index in [0.717, 1.165) is 22.6 Å². The van der Waals surface area contributed by atoms with Crippen molar-refractivity contribution in [3.63, 3.8) is 0 Å². The summed E-state index contributed by atoms with van der Waals surface area (Å²) in [6.45, 7) is 4.13. The van der Waals surface area contributed by atoms with Crippen LogP contribution in [-0.4, -0.2) is 26.6 Å². The molecular formula is C21H20N4O2. The standard InChI is InChI=1S/C21H20N4O2/c1-13-8-14(2)10-16(9-13)24-20-21-22-6-7-25(21)17(12-23-20)15-4-5-18(26)19(11-15)27-3/h4-12,26H,1-3H3,(H,23,24). The zero-order valence-electron chi connectivity index (χ0n) is 15.4. The van der Waals surface area contributed by atoms with Crippen LogP contribution in [0.1, 0.15) is 11.1 Å². The van der Waals surface area contributed by atoms with Crippen LogP contribution in [0.2, 0.25) is 0 Å². The van der Waals surface area contributed by atoms with E-state index in [4.69, 9.17) is 4.74 Å². The van der Waals surface area contributed by atoms with Gasteiger partial charge in [-0.25, -0.2) is 9.97 Å². The number of benzene rings is 2. The van der Waals surface area contributed by atoms with Crippen LogP contribution in [0.4, 0.5) is 11.5 Å². The largest absolute Gasteiger partial charge is 0.504 e. The second-order valence-corrected chi connectivity index (χ2v) is 6.50. The molecule has 4 rings (SSSR count). The summed E-state index contributed by atoms with van der Waals surface area (Å²) in [4.78, 5) is 9.05. The molecule has 27 heavy (non-hydrogen) atoms. The number of phenols is 1. The molecule has 136 valence electrons. The van der Waals surface area contributed by atoms with Crippen LogP contribution in [-0.2, 0) is 0 Å². The molecular weight excluding hydrogens is 340 g/mol. The molecule has 0 aliphatic rings. The number of methoxy groups -OCH3 is 1. The van der Waals surface area contributed by atoms with Gasteiger partial charge in [0.1, 0.15) is 0 Å². The van der Waals surface area contributed by atoms with E-state index in [1.807, 2.05) is 16.7 Å². The van der Waals surface area contributed by atoms with E-state index in [0.29, 0.717) is 11.6 Å². The molecule has 0 aliphatic carbocycles. The summed E-state index contributed by atoms with van der Waals surface area (Å²) in [5, 5.41) is 13.2. The predicted octanol–water partition coefficient (Wildman–Crippen LogP) is 4.47. The number of aromatic nitrogens is 3. The van der Waals surface area contributed by atoms with Crippen LogP contribution in [0.3, 0.4) is 0 Å². The lowest BCUT2D eigenvalue weighted by molar-refractivity contribution is 0.373. The number of rotatable bonds is 4. The Morgan fingerprint density at radius 1 is 1.04 bits per heavy atom. The lowest BCUT2D eigenvalue weighted by Gasteiger charge is -2.12. The van der Waals surface area contributed by atoms with Gasteiger partial charge in [-0.15, -0.1) is 0 Å². The first-order chi connectivity index (χ1) is 13.0. The van der Waals surface area contributed by atoms with E-state index in [9.17, 15) is 5.11 Å². The van der Waals surface area contributed by atoms with E-state index in [1.54, 1.807) is 24.5 Å². The Morgan fingerprint density at radius 2 is 1.81 bits per heavy atom. The average molecular weight is 360 g/mol. The monoisotopic (exact) mass is 360 g/mol. The van der Waals surface area contributed by atoms with Crippen molar-refractivity contribution in [1.29, 1.82) is 0 Å². The van der Waals surface area contributed by atoms with Gasteiger partial charge in [-0.1, -0.05) is 6.07 Å². The number of aryl methyl sites for hydroxylation is 2. The molecule has 2 aromatic carbocycles. The molecule has 0 amide bonds. The first-order valence-electron chi connectivity index (χ1n) is 8.60. The fraction of sp³-hybridized carbons (Fsp3) is 0.143. The molecule has 0 fully saturated rings. The molecule has 6 heteroatoms. The maximum atomic E-state index is 9.84. The molecule has 6 nitrogen and oxygen atoms in total. The van der Waals surface area contributed by atoms with Crippen LogP contribution in [0.25, 0.3) is 16.9 Å². The van der Waals surface area contributed by atoms with Gasteiger partial charge in [0.05, 0.1) is 19.0 Å². The van der Waals surface area contributed by atoms with Gasteiger partial charge in [-0.3, -0.25) is 4.40 Å². The van der Waals surface area contributed by atoms with Gasteiger partial charge in [0.25, 0.3) is 0 Å². The average Bonchev–Trinajstić information content (AvgIpc) is 3.12. The van der Waals surface area contributed by atoms with Crippen molar-refractivity contribution in [3.05, 3.63) is 66.1 Å². The summed E-state index contributed by atoms with van der Waals surface area (Å²) in [6, 6.07) is 11.5. The smallest absolute Gasteiger partial charge is 0.180 e. The topological polar surface area (TPSA) is 71.7 Å². The minimum Gasteiger partial charge on any atom is -0.504 e. The van der Waals surface area contributed by atoms with Gasteiger partial charge >= 0.3 is 0 Å². The van der Waals surface area contributed by atoms with Crippen molar-refractivity contribution in [3.8, 4) is 22.8 Å². The second kappa shape index (κ2) is 6.64. The molecule has 0 saturated heterocycles. The van der Waals surface area contributed by atoms with Crippen LogP contribution >= 0.6 is 0 Å². The normalized spacial score (nSPS) is 10.9. The van der Waals surface area contributed by atoms with Crippen molar-refractivity contribution >= 4 is 17.2 Å². The maximum absolute atomic E-state index is 9.84. The lowest BCUT2D eigenvalue weighted by Crippen LogP contribution is -2.01. The molecule has 2 aromatic heterocycles. The van der Waals surface area contributed by atoms with Gasteiger partial charge in [-0.2, -0.15) is 0 Å². The van der Waals surface area contributed by atoms with Crippen molar-refractivity contribution in [2.75, 3.05) is 12.4 Å². The molecule has 4 aromatic rings. The molecule has 0 saturated carbocycles. The molecule has 0 radical (unpaired) electrons. The number of imidazole rings is 1. The summed E-state index contributed by atoms with van der Waals surface area (Å²) >= 11 is 0. The number of nitrogens with zero attached hydrogens (tertiary/aromatic N) is 3. The molecule has 0 spiro atoms. The highest BCUT2D eigenvalue weighted by atomic mass is 16.5. The molecule has 0 aliphatic heterocycles. The molecule has 2 heterocycles. The highest BCUT2D eigenvalue weighted by Gasteiger charge is 2.12. The summed E-state index contributed by atoms with van der Waals surface area (Å²) in [5.41, 5.74) is 5.79. The third-order valence-electron chi connectivity index (χ3n) is 4.39. The summed E-state index contributed by atoms with van der Waals surface area (Å²) in [5.74, 6) is 1.20. The van der Waals surface area contributed by atoms with E-state index in [2.05, 4.69) is 47.3 Å². The van der Waals surface area contributed by atoms with Crippen LogP contribution < -0.4 is 10.1 Å². The van der Waals surface area contributed by atoms with Crippen molar-refractivity contribution in [2.24, 2.45) is 0 Å². The minimum atomic E-state index is 0.101. The third kappa shape index (κ3) is 3.17. The number of ether oxygens (including phenoxy) is 1. The van der Waals surface area contributed by atoms with E-state index < -0.39 is 0 Å². The molecule has 0 unspecified atom stereocenters. The number of hydrogen-bond acceptors (Lipinski definition) is 5. The predicted molar refractivity (Wildman–Crippen MR) is 106 cm³/mol. The Balaban J connectivity index is 1.79. The van der Waals surface area contributed by atoms with Crippen molar-refractivity contribution in [1.82, 2.24) is 14.4 Å². The Hall–Kier alpha value is -3.54. The first kappa shape index (κ1) is 16.9. The highest BCUT2D eigenvalue weighted by molar-refractivity contribution is 5.75. The van der Waals surface area contributed by atoms with Crippen molar-refractivity contribution in [2.45, 2.75) is 13.8 Å². The number of nitrogens with one attached hydrogen (secondary N) is 1. The SMILES string of the molecule is COc1cc(-c2cnc(Nc3cc(C)cc(C)c3)c3nccn23)ccc1O. The molecule has 2 N–H and O–H groups in total. The number of phenolic OH excluding ortho intramolecular Hbond substituents is 1. The first-order valence-corrected chi connectivity index (χ1v) is 8.60. The Kier molecular flexibility index (Phi) is 4.16. The highest BCUT2D eigenvalue weighted by Crippen LogP contribution is 2.32. The van der Waals surface area contributed by atoms with Gasteiger partial charge in [0.15, 0.2) is 23.0 Å². The zero-order valence-corrected chi connectivity index (χ0v) is 15.4. The maximum Gasteiger partial charge on any atom is 0.180 e. The zero-order chi connectivity index (χ0) is 19.0. The van der Waals surface area contributed by atoms with Crippen LogP contribution in [0, 0.1) is 13.8 Å². The number of fused-ring (bicyclic) bond motifs is 1. The Morgan fingerprint density at radius 3 is 2.56 bits per heavy atom. The number of anilines is 2. The fourth-order valence-corrected chi connectivity index (χ4v) is 3.24. The third-order valence-corrected chi connectivity index (χ3v) is 4.39. The summed E-state index contributed by atoms with van der Waals surface area (Å²) in [7, 11) is 1.53. The Bertz CT molecular complexity index is 1110. The lowest BCUT2D eigenvalue weighted by atomic mass is 10.1. The fourth-order valence-electron chi connectivity index (χ4n) is 3.24. The number of aromatic hydroxyl groups is 1. The molecule has 0 bridgehead atoms. The van der Waals surface area contributed by atoms with E-state index >= 15 is 0 Å². The van der Waals surface area contributed by atoms with E-state index in [-0.39, 0.29) is 5.75 Å². The summed E-state index contributed by atoms with van der Waals surface area (Å²) < 4.78 is 7.18. The van der Waals surface area contributed by atoms with Gasteiger partial charge < -0.3 is 15.2 Å².